The van der Waals surface area contributed by atoms with E-state index < -0.39 is 90.5 Å². The number of nitrogens with one attached hydrogen (secondary N) is 5. The number of carbonyl (C=O) groups excluding carboxylic acids is 4. The van der Waals surface area contributed by atoms with Gasteiger partial charge in [-0.25, -0.2) is 14.4 Å². The number of amides is 5. The Hall–Kier alpha value is -7.75. The Morgan fingerprint density at radius 2 is 1.10 bits per heavy atom. The fourth-order valence-corrected chi connectivity index (χ4v) is 7.57. The Morgan fingerprint density at radius 3 is 1.61 bits per heavy atom. The van der Waals surface area contributed by atoms with Crippen LogP contribution < -0.4 is 26.6 Å². The van der Waals surface area contributed by atoms with Gasteiger partial charge in [0.2, 0.25) is 11.8 Å². The number of hydrogen-bond donors (Lipinski definition) is 11. The highest BCUT2D eigenvalue weighted by atomic mass is 16.4. The first-order valence-electron chi connectivity index (χ1n) is 22.9. The predicted octanol–water partition coefficient (Wildman–Crippen LogP) is -1.06. The smallest absolute Gasteiger partial charge is 0.326 e. The standard InChI is InChI=1S/C45H60N10O17/c56-35(23-52-13-15-53(24-37(59)60)17-19-55(26-39(63)64)20-18-54(16-14-52)25-38(61)62)51-45-50-34(27-72-45)41(66)47-33(22-28-8-9-29-5-1-2-6-30(29)21-28)40(65)46-12-4-3-7-31(42(67)68)48-44(71)49-32(43(69)70)10-11-36(57)58/h1-2,5-6,8-9,21,27,31-33H,3-4,7,10-20,22-26H2,(H,46,65)(H,47,66)(H,57,58)(H,59,60)(H,61,62)(H,63,64)(H,67,68)(H,69,70)(H2,48,49,71)(H,50,51,56)/t31-,32-,33-/m0/s1. The first-order chi connectivity index (χ1) is 34.2. The second-order valence-corrected chi connectivity index (χ2v) is 16.9. The molecule has 0 unspecified atom stereocenters. The zero-order valence-electron chi connectivity index (χ0n) is 39.2. The zero-order valence-corrected chi connectivity index (χ0v) is 39.2. The van der Waals surface area contributed by atoms with Gasteiger partial charge >= 0.3 is 47.9 Å². The number of benzene rings is 2. The molecule has 27 heteroatoms. The van der Waals surface area contributed by atoms with Crippen molar-refractivity contribution < 1.29 is 83.0 Å². The SMILES string of the molecule is O=C(O)CC[C@H](NC(=O)N[C@@H](CCCCNC(=O)[C@H](Cc1ccc2ccccc2c1)NC(=O)c1coc(NC(=O)CN2CCN(CC(=O)O)CCN(CC(=O)O)CCN(CC(=O)O)CC2)n1)C(=O)O)C(=O)O. The van der Waals surface area contributed by atoms with Crippen LogP contribution in [0.4, 0.5) is 10.8 Å². The van der Waals surface area contributed by atoms with Crippen LogP contribution in [0.15, 0.2) is 53.1 Å². The van der Waals surface area contributed by atoms with Crippen molar-refractivity contribution in [1.82, 2.24) is 45.9 Å². The largest absolute Gasteiger partial charge is 0.481 e. The molecule has 72 heavy (non-hydrogen) atoms. The molecule has 0 aliphatic carbocycles. The van der Waals surface area contributed by atoms with Crippen LogP contribution in [0.25, 0.3) is 10.8 Å². The molecule has 1 aliphatic heterocycles. The molecule has 1 fully saturated rings. The summed E-state index contributed by atoms with van der Waals surface area (Å²) in [6.45, 7) is 0.0989. The Bertz CT molecular complexity index is 2370. The lowest BCUT2D eigenvalue weighted by molar-refractivity contribution is -0.141. The molecule has 2 aromatic carbocycles. The highest BCUT2D eigenvalue weighted by Crippen LogP contribution is 2.18. The highest BCUT2D eigenvalue weighted by molar-refractivity contribution is 5.97. The maximum atomic E-state index is 13.7. The molecule has 1 aromatic heterocycles. The van der Waals surface area contributed by atoms with Crippen LogP contribution in [0, 0.1) is 0 Å². The van der Waals surface area contributed by atoms with E-state index in [4.69, 9.17) is 9.52 Å². The van der Waals surface area contributed by atoms with Crippen molar-refractivity contribution in [3.8, 4) is 0 Å². The molecular formula is C45H60N10O17. The van der Waals surface area contributed by atoms with E-state index in [2.05, 4.69) is 31.6 Å². The van der Waals surface area contributed by atoms with E-state index in [-0.39, 0.29) is 122 Å². The monoisotopic (exact) mass is 1010 g/mol. The minimum atomic E-state index is -1.58. The molecule has 27 nitrogen and oxygen atoms in total. The minimum absolute atomic E-state index is 0.00940. The summed E-state index contributed by atoms with van der Waals surface area (Å²) in [4.78, 5) is 133. The lowest BCUT2D eigenvalue weighted by Crippen LogP contribution is -2.51. The van der Waals surface area contributed by atoms with Crippen LogP contribution in [-0.2, 0) is 44.8 Å². The lowest BCUT2D eigenvalue weighted by Gasteiger charge is -2.32. The molecule has 2 heterocycles. The van der Waals surface area contributed by atoms with Crippen molar-refractivity contribution in [3.05, 3.63) is 60.0 Å². The number of urea groups is 1. The van der Waals surface area contributed by atoms with Gasteiger partial charge in [0.1, 0.15) is 24.4 Å². The van der Waals surface area contributed by atoms with Gasteiger partial charge in [0.25, 0.3) is 5.91 Å². The number of rotatable bonds is 26. The highest BCUT2D eigenvalue weighted by Gasteiger charge is 2.27. The van der Waals surface area contributed by atoms with Crippen LogP contribution in [0.1, 0.15) is 48.2 Å². The van der Waals surface area contributed by atoms with E-state index >= 15 is 0 Å². The van der Waals surface area contributed by atoms with Crippen molar-refractivity contribution in [3.63, 3.8) is 0 Å². The van der Waals surface area contributed by atoms with E-state index in [0.717, 1.165) is 17.0 Å². The quantitative estimate of drug-likeness (QED) is 0.0427. The number of carbonyl (C=O) groups is 10. The van der Waals surface area contributed by atoms with Gasteiger partial charge in [0.05, 0.1) is 26.2 Å². The van der Waals surface area contributed by atoms with Crippen LogP contribution in [0.2, 0.25) is 0 Å². The molecule has 11 N–H and O–H groups in total. The third kappa shape index (κ3) is 20.7. The second kappa shape index (κ2) is 28.8. The van der Waals surface area contributed by atoms with Gasteiger partial charge in [-0.2, -0.15) is 4.98 Å². The number of oxazole rings is 1. The predicted molar refractivity (Wildman–Crippen MR) is 251 cm³/mol. The number of carboxylic acids is 6. The number of aromatic nitrogens is 1. The first kappa shape index (κ1) is 56.8. The summed E-state index contributed by atoms with van der Waals surface area (Å²) in [5, 5.41) is 70.1. The number of nitrogens with zero attached hydrogens (tertiary/aromatic N) is 5. The molecular weight excluding hydrogens is 953 g/mol. The topological polar surface area (TPSA) is 391 Å². The number of hydrogen-bond acceptors (Lipinski definition) is 16. The Morgan fingerprint density at radius 1 is 0.583 bits per heavy atom. The molecule has 392 valence electrons. The molecule has 0 bridgehead atoms. The summed E-state index contributed by atoms with van der Waals surface area (Å²) in [5.41, 5.74) is 0.384. The second-order valence-electron chi connectivity index (χ2n) is 16.9. The van der Waals surface area contributed by atoms with Crippen LogP contribution >= 0.6 is 0 Å². The van der Waals surface area contributed by atoms with Gasteiger partial charge in [0.15, 0.2) is 5.69 Å². The van der Waals surface area contributed by atoms with E-state index in [0.29, 0.717) is 5.56 Å². The van der Waals surface area contributed by atoms with Crippen molar-refractivity contribution in [2.75, 3.05) is 90.4 Å². The van der Waals surface area contributed by atoms with Crippen molar-refractivity contribution >= 4 is 76.4 Å². The normalized spacial score (nSPS) is 15.6. The summed E-state index contributed by atoms with van der Waals surface area (Å²) in [6.07, 6.45) is 0.244. The Kier molecular flexibility index (Phi) is 22.7. The van der Waals surface area contributed by atoms with Crippen molar-refractivity contribution in [1.29, 1.82) is 0 Å². The van der Waals surface area contributed by atoms with Gasteiger partial charge in [0, 0.05) is 71.7 Å². The van der Waals surface area contributed by atoms with Crippen LogP contribution in [0.3, 0.4) is 0 Å². The molecule has 0 saturated carbocycles. The van der Waals surface area contributed by atoms with Gasteiger partial charge in [-0.3, -0.25) is 58.5 Å². The molecule has 1 aliphatic rings. The molecule has 5 amide bonds. The van der Waals surface area contributed by atoms with Crippen molar-refractivity contribution in [2.45, 2.75) is 56.7 Å². The van der Waals surface area contributed by atoms with Gasteiger partial charge in [-0.1, -0.05) is 42.5 Å². The molecule has 3 atom stereocenters. The van der Waals surface area contributed by atoms with Gasteiger partial charge in [-0.05, 0) is 42.0 Å². The van der Waals surface area contributed by atoms with E-state index in [1.807, 2.05) is 36.4 Å². The lowest BCUT2D eigenvalue weighted by atomic mass is 10.0. The van der Waals surface area contributed by atoms with Crippen LogP contribution in [0.5, 0.6) is 0 Å². The fraction of sp³-hybridized carbons (Fsp3) is 0.489. The number of anilines is 1. The average molecular weight is 1010 g/mol. The summed E-state index contributed by atoms with van der Waals surface area (Å²) < 4.78 is 5.39. The first-order valence-corrected chi connectivity index (χ1v) is 22.9. The summed E-state index contributed by atoms with van der Waals surface area (Å²) in [7, 11) is 0. The van der Waals surface area contributed by atoms with E-state index in [1.54, 1.807) is 25.7 Å². The number of carboxylic acid groups (broad SMARTS) is 6. The Labute approximate surface area is 411 Å². The van der Waals surface area contributed by atoms with Gasteiger partial charge < -0.3 is 56.3 Å². The van der Waals surface area contributed by atoms with Crippen LogP contribution in [-0.4, -0.2) is 218 Å². The third-order valence-corrected chi connectivity index (χ3v) is 11.3. The summed E-state index contributed by atoms with van der Waals surface area (Å²) in [5.74, 6) is -9.62. The minimum Gasteiger partial charge on any atom is -0.481 e. The number of aliphatic carboxylic acids is 6. The number of unbranched alkanes of at least 4 members (excludes halogenated alkanes) is 1. The van der Waals surface area contributed by atoms with E-state index in [9.17, 15) is 73.5 Å². The maximum Gasteiger partial charge on any atom is 0.326 e. The molecule has 4 rings (SSSR count). The fourth-order valence-electron chi connectivity index (χ4n) is 7.57. The Balaban J connectivity index is 1.39. The molecule has 1 saturated heterocycles. The molecule has 3 aromatic rings. The zero-order chi connectivity index (χ0) is 52.7. The molecule has 0 spiro atoms. The summed E-state index contributed by atoms with van der Waals surface area (Å²) >= 11 is 0. The third-order valence-electron chi connectivity index (χ3n) is 11.3. The molecule has 0 radical (unpaired) electrons. The average Bonchev–Trinajstić information content (AvgIpc) is 3.78. The number of fused-ring (bicyclic) bond motifs is 1. The van der Waals surface area contributed by atoms with E-state index in [1.165, 1.54) is 0 Å². The summed E-state index contributed by atoms with van der Waals surface area (Å²) in [6, 6.07) is 7.29. The van der Waals surface area contributed by atoms with Gasteiger partial charge in [-0.15, -0.1) is 0 Å². The van der Waals surface area contributed by atoms with Crippen molar-refractivity contribution in [2.24, 2.45) is 0 Å². The maximum absolute atomic E-state index is 13.7.